The van der Waals surface area contributed by atoms with E-state index in [2.05, 4.69) is 59.6 Å². The quantitative estimate of drug-likeness (QED) is 0.500. The minimum absolute atomic E-state index is 0. The van der Waals surface area contributed by atoms with Crippen LogP contribution in [-0.2, 0) is 40.9 Å². The maximum atomic E-state index is 2.37. The van der Waals surface area contributed by atoms with E-state index in [-0.39, 0.29) is 12.4 Å². The van der Waals surface area contributed by atoms with Crippen molar-refractivity contribution in [3.63, 3.8) is 0 Å². The zero-order valence-corrected chi connectivity index (χ0v) is 20.7. The summed E-state index contributed by atoms with van der Waals surface area (Å²) in [6.45, 7) is 0. The van der Waals surface area contributed by atoms with Crippen molar-refractivity contribution in [3.8, 4) is 0 Å². The Hall–Kier alpha value is 1.74. The Balaban J connectivity index is -0.000000240. The van der Waals surface area contributed by atoms with E-state index in [0.717, 1.165) is 0 Å². The summed E-state index contributed by atoms with van der Waals surface area (Å²) in [5.74, 6) is 9.50. The number of halogens is 1. The van der Waals surface area contributed by atoms with E-state index in [0.29, 0.717) is 0 Å². The van der Waals surface area contributed by atoms with Crippen molar-refractivity contribution in [3.05, 3.63) is 45.3 Å². The van der Waals surface area contributed by atoms with Gasteiger partial charge in [-0.05, 0) is 12.8 Å². The van der Waals surface area contributed by atoms with Gasteiger partial charge in [-0.25, -0.2) is 0 Å². The van der Waals surface area contributed by atoms with E-state index in [1.165, 1.54) is 12.8 Å². The Morgan fingerprint density at radius 3 is 1.10 bits per heavy atom. The summed E-state index contributed by atoms with van der Waals surface area (Å²) < 4.78 is 3.40. The van der Waals surface area contributed by atoms with E-state index in [4.69, 9.17) is 0 Å². The molecule has 0 aromatic carbocycles. The molecule has 0 heterocycles. The van der Waals surface area contributed by atoms with Gasteiger partial charge in [0.25, 0.3) is 28.3 Å². The molecule has 0 aromatic rings. The Morgan fingerprint density at radius 2 is 1.00 bits per heavy atom. The first-order valence-corrected chi connectivity index (χ1v) is 16.2. The second-order valence-corrected chi connectivity index (χ2v) is 11.2. The van der Waals surface area contributed by atoms with Gasteiger partial charge in [0.1, 0.15) is 0 Å². The molecule has 0 atom stereocenters. The van der Waals surface area contributed by atoms with Gasteiger partial charge in [-0.15, -0.1) is 44.4 Å². The number of hydrogen-bond donors (Lipinski definition) is 0. The molecule has 5 heteroatoms. The molecule has 0 bridgehead atoms. The topological polar surface area (TPSA) is 0 Å². The van der Waals surface area contributed by atoms with Crippen LogP contribution in [0.15, 0.2) is 45.3 Å². The van der Waals surface area contributed by atoms with E-state index in [1.807, 2.05) is 51.3 Å². The Bertz CT molecular complexity index is 312. The number of rotatable bonds is 2. The van der Waals surface area contributed by atoms with Crippen LogP contribution < -0.4 is 0 Å². The van der Waals surface area contributed by atoms with Crippen molar-refractivity contribution in [1.82, 2.24) is 0 Å². The van der Waals surface area contributed by atoms with Crippen molar-refractivity contribution in [1.29, 1.82) is 0 Å². The van der Waals surface area contributed by atoms with Crippen LogP contribution >= 0.6 is 12.4 Å². The third-order valence-electron chi connectivity index (χ3n) is 3.08. The molecule has 0 aliphatic heterocycles. The molecule has 0 saturated heterocycles. The molecule has 0 nitrogen and oxygen atoms in total. The Morgan fingerprint density at radius 1 is 0.714 bits per heavy atom. The molecule has 0 N–H and O–H groups in total. The molecule has 2 aliphatic rings. The fraction of sp³-hybridized carbons (Fsp3) is 0.500. The third kappa shape index (κ3) is 15.0. The second-order valence-electron chi connectivity index (χ2n) is 5.06. The Kier molecular flexibility index (Phi) is 26.0. The van der Waals surface area contributed by atoms with Crippen LogP contribution in [0.2, 0.25) is 33.6 Å². The molecule has 2 rings (SSSR count). The molecule has 114 valence electrons. The summed E-state index contributed by atoms with van der Waals surface area (Å²) in [6, 6.07) is 0. The summed E-state index contributed by atoms with van der Waals surface area (Å²) in [7, 11) is 0. The fourth-order valence-corrected chi connectivity index (χ4v) is 3.99. The van der Waals surface area contributed by atoms with Crippen LogP contribution in [-0.4, -0.2) is 28.3 Å². The summed E-state index contributed by atoms with van der Waals surface area (Å²) in [5.41, 5.74) is 0. The average Bonchev–Trinajstić information content (AvgIpc) is 3.17. The van der Waals surface area contributed by atoms with Gasteiger partial charge in [-0.2, -0.15) is 0 Å². The summed E-state index contributed by atoms with van der Waals surface area (Å²) in [5, 5.41) is 4.00. The summed E-state index contributed by atoms with van der Waals surface area (Å²) >= 11 is 3.15. The third-order valence-corrected chi connectivity index (χ3v) is 6.91. The number of allylic oxidation sites excluding steroid dienone is 8. The monoisotopic (exact) mass is 406 g/mol. The normalized spacial score (nSPS) is 13.0. The molecule has 0 aromatic heterocycles. The molecular weight excluding hydrogens is 377 g/mol. The summed E-state index contributed by atoms with van der Waals surface area (Å²) in [4.78, 5) is 0. The Labute approximate surface area is 171 Å². The van der Waals surface area contributed by atoms with Crippen LogP contribution in [0.5, 0.6) is 0 Å². The van der Waals surface area contributed by atoms with E-state index < -0.39 is 28.3 Å². The second kappa shape index (κ2) is 19.8. The first kappa shape index (κ1) is 27.6. The van der Waals surface area contributed by atoms with Crippen LogP contribution in [0.4, 0.5) is 0 Å². The predicted octanol–water partition coefficient (Wildman–Crippen LogP) is 5.92. The van der Waals surface area contributed by atoms with Gasteiger partial charge in [0.15, 0.2) is 0 Å². The molecular formula is C16H29Al2ClTi2. The van der Waals surface area contributed by atoms with E-state index in [1.54, 1.807) is 8.87 Å². The molecule has 0 fully saturated rings. The van der Waals surface area contributed by atoms with Crippen molar-refractivity contribution >= 4 is 40.7 Å². The van der Waals surface area contributed by atoms with Gasteiger partial charge >= 0.3 is 51.3 Å². The maximum absolute atomic E-state index is 2.37. The number of hydrogen-bond acceptors (Lipinski definition) is 0. The van der Waals surface area contributed by atoms with E-state index in [9.17, 15) is 0 Å². The van der Waals surface area contributed by atoms with Crippen molar-refractivity contribution in [2.45, 2.75) is 46.4 Å². The molecule has 0 saturated carbocycles. The van der Waals surface area contributed by atoms with Crippen molar-refractivity contribution < 1.29 is 40.9 Å². The van der Waals surface area contributed by atoms with Gasteiger partial charge in [-0.1, -0.05) is 36.5 Å². The predicted molar refractivity (Wildman–Crippen MR) is 97.6 cm³/mol. The standard InChI is InChI=1S/2C5H5.6CH3.2Al.ClH.2Ti/c2*1-2-4-5-3-1;;;;;;;;;;;/h2*1-3H,4H2;6*1H3;;;1H;;. The van der Waals surface area contributed by atoms with Crippen molar-refractivity contribution in [2.24, 2.45) is 0 Å². The average molecular weight is 407 g/mol. The molecule has 0 radical (unpaired) electrons. The van der Waals surface area contributed by atoms with Gasteiger partial charge in [0.2, 0.25) is 0 Å². The van der Waals surface area contributed by atoms with Crippen LogP contribution in [0.3, 0.4) is 0 Å². The molecule has 0 unspecified atom stereocenters. The van der Waals surface area contributed by atoms with Gasteiger partial charge in [0, 0.05) is 0 Å². The molecule has 2 aliphatic carbocycles. The van der Waals surface area contributed by atoms with Gasteiger partial charge in [-0.3, -0.25) is 0 Å². The molecule has 0 spiro atoms. The van der Waals surface area contributed by atoms with Gasteiger partial charge < -0.3 is 0 Å². The first-order chi connectivity index (χ1) is 9.61. The van der Waals surface area contributed by atoms with Gasteiger partial charge in [0.05, 0.1) is 0 Å². The molecule has 0 amide bonds. The SMILES string of the molecule is Cl.[CH3][Al]([CH3])[C]1=CC=CC1.[CH3][Al]([CH3])[C]1=CC=CC1.[CH3][Ti].[CH3][Ti]. The summed E-state index contributed by atoms with van der Waals surface area (Å²) in [6.07, 6.45) is 15.8. The minimum atomic E-state index is -0.424. The van der Waals surface area contributed by atoms with Crippen LogP contribution in [0.1, 0.15) is 12.8 Å². The van der Waals surface area contributed by atoms with E-state index >= 15 is 0 Å². The first-order valence-electron chi connectivity index (χ1n) is 7.32. The fourth-order valence-electron chi connectivity index (χ4n) is 1.78. The van der Waals surface area contributed by atoms with Crippen LogP contribution in [0, 0.1) is 0 Å². The zero-order valence-electron chi connectivity index (χ0n) is 14.4. The van der Waals surface area contributed by atoms with Crippen LogP contribution in [0.25, 0.3) is 0 Å². The van der Waals surface area contributed by atoms with Crippen molar-refractivity contribution in [2.75, 3.05) is 0 Å². The molecule has 21 heavy (non-hydrogen) atoms. The zero-order chi connectivity index (χ0) is 16.0.